The van der Waals surface area contributed by atoms with E-state index in [1.165, 1.54) is 18.4 Å². The number of hydrogen-bond donors (Lipinski definition) is 1. The van der Waals surface area contributed by atoms with Gasteiger partial charge in [-0.15, -0.1) is 0 Å². The smallest absolute Gasteiger partial charge is 0.124 e. The highest BCUT2D eigenvalue weighted by molar-refractivity contribution is 9.10. The molecule has 2 rings (SSSR count). The fourth-order valence-corrected chi connectivity index (χ4v) is 3.20. The van der Waals surface area contributed by atoms with Crippen molar-refractivity contribution in [3.63, 3.8) is 0 Å². The lowest BCUT2D eigenvalue weighted by Crippen LogP contribution is -2.29. The molecule has 1 aromatic carbocycles. The van der Waals surface area contributed by atoms with Crippen molar-refractivity contribution in [2.24, 2.45) is 11.8 Å². The Labute approximate surface area is 131 Å². The van der Waals surface area contributed by atoms with Gasteiger partial charge in [-0.1, -0.05) is 29.8 Å². The summed E-state index contributed by atoms with van der Waals surface area (Å²) in [6.07, 6.45) is 3.92. The fourth-order valence-electron chi connectivity index (χ4n) is 2.82. The second-order valence-corrected chi connectivity index (χ2v) is 6.66. The van der Waals surface area contributed by atoms with Crippen molar-refractivity contribution in [3.8, 4) is 5.75 Å². The lowest BCUT2D eigenvalue weighted by Gasteiger charge is -2.27. The molecular weight excluding hydrogens is 314 g/mol. The summed E-state index contributed by atoms with van der Waals surface area (Å²) in [6, 6.07) is 6.76. The van der Waals surface area contributed by atoms with Crippen LogP contribution in [0.3, 0.4) is 0 Å². The molecule has 0 aliphatic heterocycles. The van der Waals surface area contributed by atoms with Crippen LogP contribution in [0.25, 0.3) is 0 Å². The zero-order chi connectivity index (χ0) is 14.5. The summed E-state index contributed by atoms with van der Waals surface area (Å²) < 4.78 is 6.97. The van der Waals surface area contributed by atoms with Crippen molar-refractivity contribution in [3.05, 3.63) is 28.2 Å². The Hall–Kier alpha value is -0.540. The molecule has 1 N–H and O–H groups in total. The zero-order valence-corrected chi connectivity index (χ0v) is 14.4. The van der Waals surface area contributed by atoms with Gasteiger partial charge in [-0.2, -0.15) is 0 Å². The first-order valence-electron chi connectivity index (χ1n) is 7.83. The summed E-state index contributed by atoms with van der Waals surface area (Å²) in [5.41, 5.74) is 1.30. The molecule has 20 heavy (non-hydrogen) atoms. The van der Waals surface area contributed by atoms with Crippen molar-refractivity contribution in [1.82, 2.24) is 5.32 Å². The number of benzene rings is 1. The Morgan fingerprint density at radius 2 is 2.10 bits per heavy atom. The summed E-state index contributed by atoms with van der Waals surface area (Å²) in [5, 5.41) is 3.73. The van der Waals surface area contributed by atoms with Crippen molar-refractivity contribution >= 4 is 15.9 Å². The summed E-state index contributed by atoms with van der Waals surface area (Å²) in [5.74, 6) is 2.56. The number of nitrogens with one attached hydrogen (secondary N) is 1. The lowest BCUT2D eigenvalue weighted by atomic mass is 9.90. The van der Waals surface area contributed by atoms with Crippen molar-refractivity contribution in [2.45, 2.75) is 46.1 Å². The maximum atomic E-state index is 5.84. The van der Waals surface area contributed by atoms with Gasteiger partial charge in [0.05, 0.1) is 6.61 Å². The monoisotopic (exact) mass is 339 g/mol. The maximum Gasteiger partial charge on any atom is 0.124 e. The van der Waals surface area contributed by atoms with Gasteiger partial charge in [0, 0.05) is 16.1 Å². The van der Waals surface area contributed by atoms with Gasteiger partial charge in [-0.3, -0.25) is 0 Å². The molecule has 0 spiro atoms. The van der Waals surface area contributed by atoms with Gasteiger partial charge >= 0.3 is 0 Å². The van der Waals surface area contributed by atoms with E-state index in [1.54, 1.807) is 0 Å². The Kier molecular flexibility index (Phi) is 5.91. The van der Waals surface area contributed by atoms with E-state index in [-0.39, 0.29) is 0 Å². The van der Waals surface area contributed by atoms with E-state index in [2.05, 4.69) is 53.3 Å². The van der Waals surface area contributed by atoms with Crippen LogP contribution in [0.1, 0.15) is 51.6 Å². The summed E-state index contributed by atoms with van der Waals surface area (Å²) >= 11 is 3.60. The lowest BCUT2D eigenvalue weighted by molar-refractivity contribution is 0.307. The van der Waals surface area contributed by atoms with E-state index in [4.69, 9.17) is 4.74 Å². The molecule has 0 radical (unpaired) electrons. The van der Waals surface area contributed by atoms with Gasteiger partial charge in [0.15, 0.2) is 0 Å². The van der Waals surface area contributed by atoms with Crippen molar-refractivity contribution < 1.29 is 4.74 Å². The molecule has 0 bridgehead atoms. The Morgan fingerprint density at radius 1 is 1.35 bits per heavy atom. The van der Waals surface area contributed by atoms with Crippen LogP contribution < -0.4 is 10.1 Å². The second kappa shape index (κ2) is 7.46. The average molecular weight is 340 g/mol. The molecule has 1 aliphatic carbocycles. The van der Waals surface area contributed by atoms with Gasteiger partial charge < -0.3 is 10.1 Å². The first-order chi connectivity index (χ1) is 9.67. The summed E-state index contributed by atoms with van der Waals surface area (Å²) in [4.78, 5) is 0. The van der Waals surface area contributed by atoms with Crippen LogP contribution in [0.2, 0.25) is 0 Å². The number of rotatable bonds is 8. The molecule has 2 atom stereocenters. The summed E-state index contributed by atoms with van der Waals surface area (Å²) in [6.45, 7) is 8.41. The van der Waals surface area contributed by atoms with E-state index in [0.29, 0.717) is 18.6 Å². The van der Waals surface area contributed by atoms with Gasteiger partial charge in [0.2, 0.25) is 0 Å². The molecule has 112 valence electrons. The highest BCUT2D eigenvalue weighted by Gasteiger charge is 2.34. The molecule has 0 aromatic heterocycles. The highest BCUT2D eigenvalue weighted by Crippen LogP contribution is 2.44. The van der Waals surface area contributed by atoms with E-state index in [0.717, 1.165) is 29.1 Å². The molecule has 2 unspecified atom stereocenters. The van der Waals surface area contributed by atoms with Gasteiger partial charge in [-0.05, 0) is 62.8 Å². The normalized spacial score (nSPS) is 17.8. The van der Waals surface area contributed by atoms with E-state index in [1.807, 2.05) is 6.92 Å². The first kappa shape index (κ1) is 15.8. The molecule has 0 heterocycles. The molecule has 1 aromatic rings. The highest BCUT2D eigenvalue weighted by atomic mass is 79.9. The van der Waals surface area contributed by atoms with E-state index >= 15 is 0 Å². The topological polar surface area (TPSA) is 21.3 Å². The number of ether oxygens (including phenoxy) is 1. The minimum absolute atomic E-state index is 0.390. The molecule has 0 saturated heterocycles. The largest absolute Gasteiger partial charge is 0.494 e. The van der Waals surface area contributed by atoms with Crippen LogP contribution in [0.5, 0.6) is 5.75 Å². The van der Waals surface area contributed by atoms with Crippen LogP contribution in [-0.4, -0.2) is 13.2 Å². The number of halogens is 1. The number of hydrogen-bond acceptors (Lipinski definition) is 2. The molecule has 0 amide bonds. The Bertz CT molecular complexity index is 431. The Balaban J connectivity index is 2.27. The van der Waals surface area contributed by atoms with Gasteiger partial charge in [0.25, 0.3) is 0 Å². The standard InChI is InChI=1S/C17H26BrNO/c1-4-10-19-17(12(3)13-6-7-13)15-11-14(18)8-9-16(15)20-5-2/h8-9,11-13,17,19H,4-7,10H2,1-3H3. The molecule has 1 aliphatic rings. The van der Waals surface area contributed by atoms with Crippen molar-refractivity contribution in [2.75, 3.05) is 13.2 Å². The fraction of sp³-hybridized carbons (Fsp3) is 0.647. The van der Waals surface area contributed by atoms with Crippen LogP contribution in [0.15, 0.2) is 22.7 Å². The third-order valence-electron chi connectivity index (χ3n) is 4.11. The zero-order valence-electron chi connectivity index (χ0n) is 12.8. The Morgan fingerprint density at radius 3 is 2.70 bits per heavy atom. The third-order valence-corrected chi connectivity index (χ3v) is 4.61. The van der Waals surface area contributed by atoms with Crippen LogP contribution >= 0.6 is 15.9 Å². The first-order valence-corrected chi connectivity index (χ1v) is 8.62. The van der Waals surface area contributed by atoms with Crippen LogP contribution in [-0.2, 0) is 0 Å². The predicted octanol–water partition coefficient (Wildman–Crippen LogP) is 4.93. The predicted molar refractivity (Wildman–Crippen MR) is 88.2 cm³/mol. The van der Waals surface area contributed by atoms with Gasteiger partial charge in [-0.25, -0.2) is 0 Å². The van der Waals surface area contributed by atoms with Crippen LogP contribution in [0, 0.1) is 11.8 Å². The van der Waals surface area contributed by atoms with Crippen molar-refractivity contribution in [1.29, 1.82) is 0 Å². The second-order valence-electron chi connectivity index (χ2n) is 5.74. The van der Waals surface area contributed by atoms with E-state index in [9.17, 15) is 0 Å². The minimum Gasteiger partial charge on any atom is -0.494 e. The molecular formula is C17H26BrNO. The molecule has 1 saturated carbocycles. The van der Waals surface area contributed by atoms with Crippen LogP contribution in [0.4, 0.5) is 0 Å². The van der Waals surface area contributed by atoms with E-state index < -0.39 is 0 Å². The minimum atomic E-state index is 0.390. The molecule has 3 heteroatoms. The average Bonchev–Trinajstić information content (AvgIpc) is 3.26. The molecule has 2 nitrogen and oxygen atoms in total. The summed E-state index contributed by atoms with van der Waals surface area (Å²) in [7, 11) is 0. The van der Waals surface area contributed by atoms with Gasteiger partial charge in [0.1, 0.15) is 5.75 Å². The SMILES string of the molecule is CCCNC(c1cc(Br)ccc1OCC)C(C)C1CC1. The quantitative estimate of drug-likeness (QED) is 0.724. The maximum absolute atomic E-state index is 5.84. The molecule has 1 fully saturated rings. The third kappa shape index (κ3) is 3.98.